The number of hydrogen-bond acceptors (Lipinski definition) is 3. The van der Waals surface area contributed by atoms with E-state index in [9.17, 15) is 4.79 Å². The Bertz CT molecular complexity index is 518. The second-order valence-electron chi connectivity index (χ2n) is 6.87. The number of rotatable bonds is 6. The number of carbonyl (C=O) groups is 1. The van der Waals surface area contributed by atoms with Crippen molar-refractivity contribution < 1.29 is 4.79 Å². The fourth-order valence-electron chi connectivity index (χ4n) is 3.14. The Balaban J connectivity index is 1.97. The monoisotopic (exact) mass is 288 g/mol. The van der Waals surface area contributed by atoms with E-state index in [0.29, 0.717) is 6.54 Å². The van der Waals surface area contributed by atoms with E-state index in [2.05, 4.69) is 44.8 Å². The molecule has 2 rings (SSSR count). The molecular weight excluding hydrogens is 260 g/mol. The highest BCUT2D eigenvalue weighted by molar-refractivity contribution is 5.97. The number of carbonyl (C=O) groups excluding carboxylic acids is 1. The SMILES string of the molecule is Cc1ccc(C(=O)CN(C)CC2(N(C)C)CCC2)cc1C. The first-order valence-corrected chi connectivity index (χ1v) is 7.80. The van der Waals surface area contributed by atoms with Crippen LogP contribution in [0.15, 0.2) is 18.2 Å². The van der Waals surface area contributed by atoms with Gasteiger partial charge >= 0.3 is 0 Å². The van der Waals surface area contributed by atoms with Gasteiger partial charge in [-0.1, -0.05) is 12.1 Å². The second-order valence-corrected chi connectivity index (χ2v) is 6.87. The van der Waals surface area contributed by atoms with Gasteiger partial charge in [0.2, 0.25) is 0 Å². The zero-order chi connectivity index (χ0) is 15.6. The van der Waals surface area contributed by atoms with Crippen LogP contribution in [0.25, 0.3) is 0 Å². The molecular formula is C18H28N2O. The second kappa shape index (κ2) is 6.29. The van der Waals surface area contributed by atoms with Crippen LogP contribution in [-0.2, 0) is 0 Å². The maximum atomic E-state index is 12.4. The smallest absolute Gasteiger partial charge is 0.176 e. The van der Waals surface area contributed by atoms with Crippen LogP contribution in [0.1, 0.15) is 40.7 Å². The molecule has 0 spiro atoms. The van der Waals surface area contributed by atoms with Crippen molar-refractivity contribution in [1.82, 2.24) is 9.80 Å². The van der Waals surface area contributed by atoms with Crippen LogP contribution in [0, 0.1) is 13.8 Å². The molecule has 1 aliphatic carbocycles. The summed E-state index contributed by atoms with van der Waals surface area (Å²) in [6.45, 7) is 5.60. The van der Waals surface area contributed by atoms with E-state index in [4.69, 9.17) is 0 Å². The van der Waals surface area contributed by atoms with Crippen LogP contribution in [0.3, 0.4) is 0 Å². The highest BCUT2D eigenvalue weighted by Crippen LogP contribution is 2.36. The minimum Gasteiger partial charge on any atom is -0.302 e. The van der Waals surface area contributed by atoms with Crippen LogP contribution in [0.4, 0.5) is 0 Å². The fourth-order valence-corrected chi connectivity index (χ4v) is 3.14. The van der Waals surface area contributed by atoms with Gasteiger partial charge in [-0.2, -0.15) is 0 Å². The maximum Gasteiger partial charge on any atom is 0.176 e. The van der Waals surface area contributed by atoms with Crippen LogP contribution in [0.5, 0.6) is 0 Å². The molecule has 0 amide bonds. The van der Waals surface area contributed by atoms with Gasteiger partial charge in [-0.3, -0.25) is 9.69 Å². The summed E-state index contributed by atoms with van der Waals surface area (Å²) in [7, 11) is 6.36. The Morgan fingerprint density at radius 2 is 1.81 bits per heavy atom. The van der Waals surface area contributed by atoms with Gasteiger partial charge in [-0.15, -0.1) is 0 Å². The number of nitrogens with zero attached hydrogens (tertiary/aromatic N) is 2. The molecule has 3 heteroatoms. The summed E-state index contributed by atoms with van der Waals surface area (Å²) in [4.78, 5) is 16.9. The highest BCUT2D eigenvalue weighted by Gasteiger charge is 2.39. The first kappa shape index (κ1) is 16.2. The van der Waals surface area contributed by atoms with Crippen LogP contribution in [-0.4, -0.2) is 55.4 Å². The van der Waals surface area contributed by atoms with E-state index in [1.54, 1.807) is 0 Å². The third-order valence-electron chi connectivity index (χ3n) is 5.04. The first-order valence-electron chi connectivity index (χ1n) is 7.80. The van der Waals surface area contributed by atoms with Gasteiger partial charge in [0.15, 0.2) is 5.78 Å². The van der Waals surface area contributed by atoms with E-state index in [1.807, 2.05) is 18.2 Å². The lowest BCUT2D eigenvalue weighted by molar-refractivity contribution is 0.0280. The number of likely N-dealkylation sites (N-methyl/N-ethyl adjacent to an activating group) is 2. The molecule has 1 aliphatic rings. The first-order chi connectivity index (χ1) is 9.84. The van der Waals surface area contributed by atoms with Crippen LogP contribution >= 0.6 is 0 Å². The van der Waals surface area contributed by atoms with E-state index in [-0.39, 0.29) is 11.3 Å². The third kappa shape index (κ3) is 3.53. The zero-order valence-electron chi connectivity index (χ0n) is 14.1. The number of ketones is 1. The van der Waals surface area contributed by atoms with Crippen molar-refractivity contribution >= 4 is 5.78 Å². The van der Waals surface area contributed by atoms with Crippen molar-refractivity contribution in [2.75, 3.05) is 34.2 Å². The summed E-state index contributed by atoms with van der Waals surface area (Å²) in [5.41, 5.74) is 3.53. The quantitative estimate of drug-likeness (QED) is 0.752. The molecule has 3 nitrogen and oxygen atoms in total. The lowest BCUT2D eigenvalue weighted by Gasteiger charge is -2.49. The molecule has 0 bridgehead atoms. The fraction of sp³-hybridized carbons (Fsp3) is 0.611. The molecule has 0 heterocycles. The summed E-state index contributed by atoms with van der Waals surface area (Å²) in [6.07, 6.45) is 3.78. The van der Waals surface area contributed by atoms with Gasteiger partial charge in [-0.25, -0.2) is 0 Å². The normalized spacial score (nSPS) is 17.1. The van der Waals surface area contributed by atoms with Gasteiger partial charge in [0.05, 0.1) is 6.54 Å². The standard InChI is InChI=1S/C18H28N2O/c1-14-7-8-16(11-15(14)2)17(21)12-20(5)13-18(19(3)4)9-6-10-18/h7-8,11H,6,9-10,12-13H2,1-5H3. The van der Waals surface area contributed by atoms with Gasteiger partial charge in [-0.05, 0) is 71.4 Å². The van der Waals surface area contributed by atoms with Crippen molar-refractivity contribution in [3.8, 4) is 0 Å². The van der Waals surface area contributed by atoms with Gasteiger partial charge in [0.25, 0.3) is 0 Å². The van der Waals surface area contributed by atoms with Crippen LogP contribution in [0.2, 0.25) is 0 Å². The zero-order valence-corrected chi connectivity index (χ0v) is 14.1. The van der Waals surface area contributed by atoms with Crippen molar-refractivity contribution in [3.05, 3.63) is 34.9 Å². The van der Waals surface area contributed by atoms with E-state index >= 15 is 0 Å². The molecule has 1 saturated carbocycles. The molecule has 0 aromatic heterocycles. The molecule has 1 aromatic carbocycles. The Morgan fingerprint density at radius 1 is 1.14 bits per heavy atom. The minimum absolute atomic E-state index is 0.217. The highest BCUT2D eigenvalue weighted by atomic mass is 16.1. The van der Waals surface area contributed by atoms with Crippen molar-refractivity contribution in [3.63, 3.8) is 0 Å². The molecule has 1 fully saturated rings. The van der Waals surface area contributed by atoms with Gasteiger partial charge < -0.3 is 4.90 Å². The molecule has 116 valence electrons. The topological polar surface area (TPSA) is 23.6 Å². The molecule has 0 radical (unpaired) electrons. The van der Waals surface area contributed by atoms with E-state index < -0.39 is 0 Å². The number of aryl methyl sites for hydroxylation is 2. The summed E-state index contributed by atoms with van der Waals surface area (Å²) in [5.74, 6) is 0.217. The molecule has 0 atom stereocenters. The largest absolute Gasteiger partial charge is 0.302 e. The summed E-state index contributed by atoms with van der Waals surface area (Å²) < 4.78 is 0. The maximum absolute atomic E-state index is 12.4. The number of benzene rings is 1. The predicted octanol–water partition coefficient (Wildman–Crippen LogP) is 2.90. The molecule has 1 aromatic rings. The lowest BCUT2D eigenvalue weighted by Crippen LogP contribution is -2.57. The van der Waals surface area contributed by atoms with E-state index in [0.717, 1.165) is 12.1 Å². The molecule has 0 unspecified atom stereocenters. The Labute approximate surface area is 128 Å². The number of hydrogen-bond donors (Lipinski definition) is 0. The van der Waals surface area contributed by atoms with Crippen molar-refractivity contribution in [1.29, 1.82) is 0 Å². The molecule has 0 N–H and O–H groups in total. The van der Waals surface area contributed by atoms with E-state index in [1.165, 1.54) is 30.4 Å². The Hall–Kier alpha value is -1.19. The summed E-state index contributed by atoms with van der Waals surface area (Å²) in [5, 5.41) is 0. The van der Waals surface area contributed by atoms with Crippen molar-refractivity contribution in [2.24, 2.45) is 0 Å². The molecule has 0 saturated heterocycles. The number of Topliss-reactive ketones (excluding diaryl/α,β-unsaturated/α-hetero) is 1. The van der Waals surface area contributed by atoms with Gasteiger partial charge in [0, 0.05) is 17.6 Å². The summed E-state index contributed by atoms with van der Waals surface area (Å²) >= 11 is 0. The average molecular weight is 288 g/mol. The Morgan fingerprint density at radius 3 is 2.29 bits per heavy atom. The Kier molecular flexibility index (Phi) is 4.84. The van der Waals surface area contributed by atoms with Gasteiger partial charge in [0.1, 0.15) is 0 Å². The minimum atomic E-state index is 0.217. The average Bonchev–Trinajstić information content (AvgIpc) is 2.36. The molecule has 21 heavy (non-hydrogen) atoms. The summed E-state index contributed by atoms with van der Waals surface area (Å²) in [6, 6.07) is 6.00. The third-order valence-corrected chi connectivity index (χ3v) is 5.04. The lowest BCUT2D eigenvalue weighted by atomic mass is 9.75. The van der Waals surface area contributed by atoms with Crippen LogP contribution < -0.4 is 0 Å². The predicted molar refractivity (Wildman–Crippen MR) is 88.0 cm³/mol. The molecule has 0 aliphatic heterocycles. The van der Waals surface area contributed by atoms with Crippen molar-refractivity contribution in [2.45, 2.75) is 38.6 Å².